The molecule has 0 fully saturated rings. The van der Waals surface area contributed by atoms with Crippen molar-refractivity contribution in [1.82, 2.24) is 14.8 Å². The molecule has 0 saturated carbocycles. The summed E-state index contributed by atoms with van der Waals surface area (Å²) in [5, 5.41) is 5.26. The molecule has 2 heterocycles. The molecule has 0 radical (unpaired) electrons. The van der Waals surface area contributed by atoms with Gasteiger partial charge < -0.3 is 0 Å². The molecule has 0 aliphatic rings. The van der Waals surface area contributed by atoms with E-state index in [-0.39, 0.29) is 10.3 Å². The predicted octanol–water partition coefficient (Wildman–Crippen LogP) is 5.36. The average Bonchev–Trinajstić information content (AvgIpc) is 3.20. The van der Waals surface area contributed by atoms with Gasteiger partial charge in [0.05, 0.1) is 22.7 Å². The van der Waals surface area contributed by atoms with Crippen molar-refractivity contribution in [2.75, 3.05) is 5.75 Å². The molecule has 4 aromatic rings. The van der Waals surface area contributed by atoms with Crippen LogP contribution in [0.15, 0.2) is 59.6 Å². The van der Waals surface area contributed by atoms with Gasteiger partial charge in [0.1, 0.15) is 11.4 Å². The Morgan fingerprint density at radius 1 is 0.971 bits per heavy atom. The zero-order chi connectivity index (χ0) is 25.5. The van der Waals surface area contributed by atoms with E-state index in [9.17, 15) is 13.2 Å². The molecule has 0 N–H and O–H groups in total. The van der Waals surface area contributed by atoms with Crippen molar-refractivity contribution >= 4 is 26.5 Å². The molecule has 0 saturated heterocycles. The molecule has 2 aromatic heterocycles. The maximum Gasteiger partial charge on any atom is 0.196 e. The highest BCUT2D eigenvalue weighted by Gasteiger charge is 2.28. The topological polar surface area (TPSA) is 81.9 Å². The lowest BCUT2D eigenvalue weighted by Crippen LogP contribution is -2.21. The predicted molar refractivity (Wildman–Crippen MR) is 139 cm³/mol. The molecule has 182 valence electrons. The highest BCUT2D eigenvalue weighted by Crippen LogP contribution is 2.26. The SMILES string of the molecule is Cc1cc(C)c(Cn2nc(C(C)(C)C)cc2C(=O)CS(=O)(=O)c2cccc3ncccc23)c(C)c1. The van der Waals surface area contributed by atoms with Crippen LogP contribution in [0.2, 0.25) is 0 Å². The molecule has 0 amide bonds. The lowest BCUT2D eigenvalue weighted by atomic mass is 9.92. The Kier molecular flexibility index (Phi) is 6.40. The van der Waals surface area contributed by atoms with Gasteiger partial charge in [-0.25, -0.2) is 8.42 Å². The summed E-state index contributed by atoms with van der Waals surface area (Å²) < 4.78 is 28.4. The van der Waals surface area contributed by atoms with Crippen molar-refractivity contribution in [2.45, 2.75) is 58.4 Å². The van der Waals surface area contributed by atoms with Gasteiger partial charge in [-0.15, -0.1) is 0 Å². The molecule has 7 heteroatoms. The van der Waals surface area contributed by atoms with Crippen LogP contribution in [0.5, 0.6) is 0 Å². The van der Waals surface area contributed by atoms with E-state index in [0.717, 1.165) is 22.4 Å². The molecule has 4 rings (SSSR count). The Labute approximate surface area is 206 Å². The van der Waals surface area contributed by atoms with E-state index in [1.165, 1.54) is 11.6 Å². The maximum absolute atomic E-state index is 13.5. The van der Waals surface area contributed by atoms with E-state index in [0.29, 0.717) is 23.1 Å². The van der Waals surface area contributed by atoms with Gasteiger partial charge in [-0.3, -0.25) is 14.5 Å². The van der Waals surface area contributed by atoms with Gasteiger partial charge in [-0.1, -0.05) is 44.5 Å². The monoisotopic (exact) mass is 489 g/mol. The van der Waals surface area contributed by atoms with E-state index in [1.54, 1.807) is 41.2 Å². The fraction of sp³-hybridized carbons (Fsp3) is 0.321. The minimum absolute atomic E-state index is 0.115. The van der Waals surface area contributed by atoms with Crippen LogP contribution in [0.25, 0.3) is 10.9 Å². The molecule has 0 spiro atoms. The second kappa shape index (κ2) is 9.04. The Bertz CT molecular complexity index is 1520. The van der Waals surface area contributed by atoms with Crippen molar-refractivity contribution < 1.29 is 13.2 Å². The fourth-order valence-electron chi connectivity index (χ4n) is 4.41. The minimum Gasteiger partial charge on any atom is -0.291 e. The third-order valence-electron chi connectivity index (χ3n) is 6.24. The number of pyridine rings is 1. The number of sulfone groups is 1. The smallest absolute Gasteiger partial charge is 0.196 e. The molecular weight excluding hydrogens is 458 g/mol. The van der Waals surface area contributed by atoms with Gasteiger partial charge in [-0.05, 0) is 67.8 Å². The van der Waals surface area contributed by atoms with Crippen LogP contribution in [-0.2, 0) is 21.8 Å². The number of carbonyl (C=O) groups is 1. The normalized spacial score (nSPS) is 12.3. The summed E-state index contributed by atoms with van der Waals surface area (Å²) in [6.07, 6.45) is 1.62. The molecule has 0 bridgehead atoms. The highest BCUT2D eigenvalue weighted by molar-refractivity contribution is 7.92. The Morgan fingerprint density at radius 2 is 1.66 bits per heavy atom. The first-order valence-corrected chi connectivity index (χ1v) is 13.3. The summed E-state index contributed by atoms with van der Waals surface area (Å²) in [5.41, 5.74) is 5.81. The van der Waals surface area contributed by atoms with Gasteiger partial charge in [0.2, 0.25) is 0 Å². The number of nitrogens with zero attached hydrogens (tertiary/aromatic N) is 3. The number of benzene rings is 2. The molecule has 6 nitrogen and oxygen atoms in total. The lowest BCUT2D eigenvalue weighted by Gasteiger charge is -2.15. The summed E-state index contributed by atoms with van der Waals surface area (Å²) >= 11 is 0. The second-order valence-corrected chi connectivity index (χ2v) is 12.2. The number of hydrogen-bond acceptors (Lipinski definition) is 5. The van der Waals surface area contributed by atoms with Crippen LogP contribution in [0, 0.1) is 20.8 Å². The number of hydrogen-bond donors (Lipinski definition) is 0. The molecular formula is C28H31N3O3S. The third-order valence-corrected chi connectivity index (χ3v) is 7.91. The van der Waals surface area contributed by atoms with E-state index in [4.69, 9.17) is 5.10 Å². The van der Waals surface area contributed by atoms with Crippen molar-refractivity contribution in [3.05, 3.63) is 88.4 Å². The Hall–Kier alpha value is -3.32. The molecule has 35 heavy (non-hydrogen) atoms. The summed E-state index contributed by atoms with van der Waals surface area (Å²) in [5.74, 6) is -1.11. The number of Topliss-reactive ketones (excluding diaryl/α,β-unsaturated/α-hetero) is 1. The van der Waals surface area contributed by atoms with Crippen LogP contribution in [0.1, 0.15) is 59.2 Å². The van der Waals surface area contributed by atoms with Crippen LogP contribution in [0.3, 0.4) is 0 Å². The fourth-order valence-corrected chi connectivity index (χ4v) is 5.85. The standard InChI is InChI=1S/C28H31N3O3S/c1-18-13-19(2)22(20(3)14-18)16-31-24(15-27(30-31)28(4,5)6)25(32)17-35(33,34)26-11-7-10-23-21(26)9-8-12-29-23/h7-15H,16-17H2,1-6H3. The first-order valence-electron chi connectivity index (χ1n) is 11.6. The van der Waals surface area contributed by atoms with Gasteiger partial charge >= 0.3 is 0 Å². The van der Waals surface area contributed by atoms with Crippen LogP contribution in [0.4, 0.5) is 0 Å². The molecule has 2 aromatic carbocycles. The van der Waals surface area contributed by atoms with Crippen LogP contribution < -0.4 is 0 Å². The quantitative estimate of drug-likeness (QED) is 0.341. The van der Waals surface area contributed by atoms with Crippen molar-refractivity contribution in [1.29, 1.82) is 0 Å². The molecule has 0 aliphatic carbocycles. The third kappa shape index (κ3) is 5.05. The first-order chi connectivity index (χ1) is 16.4. The van der Waals surface area contributed by atoms with Crippen molar-refractivity contribution in [2.24, 2.45) is 0 Å². The van der Waals surface area contributed by atoms with Gasteiger partial charge in [0, 0.05) is 17.0 Å². The number of aromatic nitrogens is 3. The Morgan fingerprint density at radius 3 is 2.31 bits per heavy atom. The zero-order valence-corrected chi connectivity index (χ0v) is 21.9. The summed E-state index contributed by atoms with van der Waals surface area (Å²) in [4.78, 5) is 17.8. The highest BCUT2D eigenvalue weighted by atomic mass is 32.2. The van der Waals surface area contributed by atoms with E-state index in [2.05, 4.69) is 24.0 Å². The summed E-state index contributed by atoms with van der Waals surface area (Å²) in [7, 11) is -3.90. The maximum atomic E-state index is 13.5. The van der Waals surface area contributed by atoms with E-state index in [1.807, 2.05) is 34.6 Å². The van der Waals surface area contributed by atoms with Crippen molar-refractivity contribution in [3.63, 3.8) is 0 Å². The average molecular weight is 490 g/mol. The number of rotatable bonds is 6. The van der Waals surface area contributed by atoms with Gasteiger partial charge in [-0.2, -0.15) is 5.10 Å². The van der Waals surface area contributed by atoms with E-state index >= 15 is 0 Å². The summed E-state index contributed by atoms with van der Waals surface area (Å²) in [6.45, 7) is 12.6. The van der Waals surface area contributed by atoms with Gasteiger partial charge in [0.25, 0.3) is 0 Å². The minimum atomic E-state index is -3.90. The largest absolute Gasteiger partial charge is 0.291 e. The number of ketones is 1. The number of aryl methyl sites for hydroxylation is 3. The second-order valence-electron chi connectivity index (χ2n) is 10.2. The molecule has 0 atom stereocenters. The molecule has 0 aliphatic heterocycles. The van der Waals surface area contributed by atoms with Crippen LogP contribution in [-0.4, -0.2) is 34.7 Å². The zero-order valence-electron chi connectivity index (χ0n) is 21.1. The number of fused-ring (bicyclic) bond motifs is 1. The lowest BCUT2D eigenvalue weighted by molar-refractivity contribution is 0.101. The van der Waals surface area contributed by atoms with Gasteiger partial charge in [0.15, 0.2) is 15.6 Å². The first kappa shape index (κ1) is 24.8. The van der Waals surface area contributed by atoms with Crippen molar-refractivity contribution in [3.8, 4) is 0 Å². The molecule has 0 unspecified atom stereocenters. The van der Waals surface area contributed by atoms with Crippen LogP contribution >= 0.6 is 0 Å². The number of carbonyl (C=O) groups excluding carboxylic acids is 1. The summed E-state index contributed by atoms with van der Waals surface area (Å²) in [6, 6.07) is 14.3. The van der Waals surface area contributed by atoms with E-state index < -0.39 is 21.4 Å². The Balaban J connectivity index is 1.75.